The Morgan fingerprint density at radius 3 is 2.94 bits per heavy atom. The quantitative estimate of drug-likeness (QED) is 0.436. The zero-order chi connectivity index (χ0) is 11.1. The Labute approximate surface area is 94.8 Å². The maximum atomic E-state index is 9.56. The first-order valence-corrected chi connectivity index (χ1v) is 5.88. The number of rotatable bonds is 2. The molecule has 0 unspecified atom stereocenters. The molecule has 3 heteroatoms. The molecule has 3 nitrogen and oxygen atoms in total. The molecule has 82 valence electrons. The van der Waals surface area contributed by atoms with Gasteiger partial charge < -0.3 is 5.11 Å². The second kappa shape index (κ2) is 3.48. The van der Waals surface area contributed by atoms with Crippen LogP contribution in [0.1, 0.15) is 12.8 Å². The summed E-state index contributed by atoms with van der Waals surface area (Å²) in [5.41, 5.74) is 0. The summed E-state index contributed by atoms with van der Waals surface area (Å²) in [5.74, 6) is 3.33. The van der Waals surface area contributed by atoms with Gasteiger partial charge in [-0.25, -0.2) is 0 Å². The van der Waals surface area contributed by atoms with Gasteiger partial charge in [0.2, 0.25) is 5.39 Å². The van der Waals surface area contributed by atoms with E-state index in [9.17, 15) is 5.11 Å². The molecule has 0 aliphatic heterocycles. The molecule has 5 atom stereocenters. The van der Waals surface area contributed by atoms with Crippen LogP contribution in [0.5, 0.6) is 0 Å². The molecule has 0 saturated heterocycles. The Morgan fingerprint density at radius 1 is 1.31 bits per heavy atom. The van der Waals surface area contributed by atoms with Gasteiger partial charge in [-0.3, -0.25) is 0 Å². The first-order chi connectivity index (χ1) is 7.79. The van der Waals surface area contributed by atoms with Crippen molar-refractivity contribution in [3.05, 3.63) is 41.2 Å². The van der Waals surface area contributed by atoms with Crippen LogP contribution in [0.25, 0.3) is 4.98 Å². The van der Waals surface area contributed by atoms with Gasteiger partial charge in [0.25, 0.3) is 0 Å². The summed E-state index contributed by atoms with van der Waals surface area (Å²) in [7, 11) is 0. The third kappa shape index (κ3) is 1.30. The molecular formula is C13H15N2O+. The van der Waals surface area contributed by atoms with Crippen LogP contribution in [0.15, 0.2) is 36.3 Å². The van der Waals surface area contributed by atoms with Crippen molar-refractivity contribution in [1.82, 2.24) is 0 Å². The second-order valence-electron chi connectivity index (χ2n) is 5.09. The van der Waals surface area contributed by atoms with E-state index in [4.69, 9.17) is 5.39 Å². The third-order valence-corrected chi connectivity index (χ3v) is 4.31. The molecule has 0 spiro atoms. The zero-order valence-electron chi connectivity index (χ0n) is 9.03. The molecule has 0 aromatic carbocycles. The van der Waals surface area contributed by atoms with Crippen LogP contribution in [0.4, 0.5) is 0 Å². The van der Waals surface area contributed by atoms with Crippen LogP contribution >= 0.6 is 0 Å². The van der Waals surface area contributed by atoms with Crippen molar-refractivity contribution >= 4 is 0 Å². The topological polar surface area (TPSA) is 48.4 Å². The predicted octanol–water partition coefficient (Wildman–Crippen LogP) is 3.25. The standard InChI is InChI=1S/C13H14N2O/c14-15-7-11(16)6-10-3-4-12-8-1-2-9(5-8)13(10)12/h1-4,7-10,12-13H,5-6H2/p+1/b11-7+/t8-,9+,10-,12-,13-/m1/s1. The molecule has 0 radical (unpaired) electrons. The minimum Gasteiger partial charge on any atom is -0.505 e. The lowest BCUT2D eigenvalue weighted by atomic mass is 9.79. The average molecular weight is 215 g/mol. The summed E-state index contributed by atoms with van der Waals surface area (Å²) in [6, 6.07) is 0. The average Bonchev–Trinajstić information content (AvgIpc) is 2.90. The number of aliphatic hydroxyl groups is 1. The van der Waals surface area contributed by atoms with Crippen LogP contribution in [0.2, 0.25) is 0 Å². The van der Waals surface area contributed by atoms with Gasteiger partial charge in [-0.05, 0) is 36.0 Å². The van der Waals surface area contributed by atoms with Crippen molar-refractivity contribution in [2.24, 2.45) is 29.6 Å². The predicted molar refractivity (Wildman–Crippen MR) is 60.8 cm³/mol. The number of nitrogens with zero attached hydrogens (tertiary/aromatic N) is 2. The van der Waals surface area contributed by atoms with Crippen LogP contribution in [0.3, 0.4) is 0 Å². The van der Waals surface area contributed by atoms with E-state index in [-0.39, 0.29) is 5.76 Å². The van der Waals surface area contributed by atoms with Crippen LogP contribution in [-0.2, 0) is 0 Å². The molecule has 3 aliphatic carbocycles. The third-order valence-electron chi connectivity index (χ3n) is 4.31. The van der Waals surface area contributed by atoms with E-state index in [0.717, 1.165) is 12.1 Å². The molecule has 3 rings (SSSR count). The molecular weight excluding hydrogens is 200 g/mol. The lowest BCUT2D eigenvalue weighted by Crippen LogP contribution is -2.20. The molecule has 1 saturated carbocycles. The summed E-state index contributed by atoms with van der Waals surface area (Å²) in [5, 5.41) is 17.9. The number of hydrogen-bond acceptors (Lipinski definition) is 2. The first-order valence-electron chi connectivity index (χ1n) is 5.88. The summed E-state index contributed by atoms with van der Waals surface area (Å²) >= 11 is 0. The van der Waals surface area contributed by atoms with E-state index in [1.54, 1.807) is 0 Å². The van der Waals surface area contributed by atoms with Crippen molar-refractivity contribution in [3.63, 3.8) is 0 Å². The molecule has 2 bridgehead atoms. The fourth-order valence-electron chi connectivity index (χ4n) is 3.74. The van der Waals surface area contributed by atoms with Crippen molar-refractivity contribution in [2.75, 3.05) is 0 Å². The smallest absolute Gasteiger partial charge is 0.387 e. The fraction of sp³-hybridized carbons (Fsp3) is 0.538. The van der Waals surface area contributed by atoms with Gasteiger partial charge in [0.15, 0.2) is 10.7 Å². The second-order valence-corrected chi connectivity index (χ2v) is 5.09. The molecule has 0 amide bonds. The molecule has 1 N–H and O–H groups in total. The Kier molecular flexibility index (Phi) is 2.10. The molecule has 0 aromatic heterocycles. The van der Waals surface area contributed by atoms with Gasteiger partial charge in [-0.1, -0.05) is 24.3 Å². The lowest BCUT2D eigenvalue weighted by molar-refractivity contribution is 0.275. The monoisotopic (exact) mass is 215 g/mol. The van der Waals surface area contributed by atoms with Gasteiger partial charge in [0.1, 0.15) is 0 Å². The summed E-state index contributed by atoms with van der Waals surface area (Å²) in [6.45, 7) is 0. The Balaban J connectivity index is 1.75. The highest BCUT2D eigenvalue weighted by atomic mass is 16.3. The first kappa shape index (κ1) is 9.65. The molecule has 0 heterocycles. The number of diazo groups is 1. The van der Waals surface area contributed by atoms with Crippen molar-refractivity contribution in [1.29, 1.82) is 5.39 Å². The Morgan fingerprint density at radius 2 is 2.12 bits per heavy atom. The maximum absolute atomic E-state index is 9.56. The van der Waals surface area contributed by atoms with E-state index >= 15 is 0 Å². The molecule has 3 aliphatic rings. The van der Waals surface area contributed by atoms with Gasteiger partial charge in [0, 0.05) is 6.42 Å². The SMILES string of the molecule is N#[N+]/C=C(/O)C[C@H]1C=C[C@H]2[C@@H]1[C@H]1C=C[C@@H]2C1. The van der Waals surface area contributed by atoms with Crippen LogP contribution < -0.4 is 0 Å². The highest BCUT2D eigenvalue weighted by Gasteiger charge is 2.48. The van der Waals surface area contributed by atoms with Crippen molar-refractivity contribution in [3.8, 4) is 0 Å². The minimum absolute atomic E-state index is 0.171. The van der Waals surface area contributed by atoms with Gasteiger partial charge in [-0.15, -0.1) is 0 Å². The molecule has 16 heavy (non-hydrogen) atoms. The van der Waals surface area contributed by atoms with Gasteiger partial charge in [-0.2, -0.15) is 0 Å². The van der Waals surface area contributed by atoms with Crippen molar-refractivity contribution in [2.45, 2.75) is 12.8 Å². The van der Waals surface area contributed by atoms with Gasteiger partial charge in [0.05, 0.1) is 0 Å². The number of aliphatic hydroxyl groups excluding tert-OH is 1. The Hall–Kier alpha value is -1.56. The summed E-state index contributed by atoms with van der Waals surface area (Å²) < 4.78 is 0. The van der Waals surface area contributed by atoms with E-state index in [1.807, 2.05) is 0 Å². The van der Waals surface area contributed by atoms with E-state index in [2.05, 4.69) is 29.3 Å². The van der Waals surface area contributed by atoms with Crippen molar-refractivity contribution < 1.29 is 5.11 Å². The molecule has 1 fully saturated rings. The Bertz CT molecular complexity index is 430. The van der Waals surface area contributed by atoms with Crippen LogP contribution in [-0.4, -0.2) is 5.11 Å². The largest absolute Gasteiger partial charge is 0.505 e. The van der Waals surface area contributed by atoms with E-state index in [1.165, 1.54) is 6.42 Å². The maximum Gasteiger partial charge on any atom is 0.387 e. The highest BCUT2D eigenvalue weighted by Crippen LogP contribution is 2.55. The molecule has 0 aromatic rings. The van der Waals surface area contributed by atoms with Crippen LogP contribution in [0, 0.1) is 35.0 Å². The lowest BCUT2D eigenvalue weighted by Gasteiger charge is -2.25. The highest BCUT2D eigenvalue weighted by molar-refractivity contribution is 5.25. The number of allylic oxidation sites excluding steroid dienone is 5. The zero-order valence-corrected chi connectivity index (χ0v) is 9.03. The normalized spacial score (nSPS) is 43.7. The van der Waals surface area contributed by atoms with Gasteiger partial charge >= 0.3 is 6.20 Å². The van der Waals surface area contributed by atoms with E-state index < -0.39 is 0 Å². The summed E-state index contributed by atoms with van der Waals surface area (Å²) in [4.78, 5) is 2.86. The van der Waals surface area contributed by atoms with E-state index in [0.29, 0.717) is 30.1 Å². The number of fused-ring (bicyclic) bond motifs is 5. The minimum atomic E-state index is 0.171. The fourth-order valence-corrected chi connectivity index (χ4v) is 3.74. The number of hydrogen-bond donors (Lipinski definition) is 1. The summed E-state index contributed by atoms with van der Waals surface area (Å²) in [6.07, 6.45) is 12.2.